The third-order valence-corrected chi connectivity index (χ3v) is 6.30. The fraction of sp³-hybridized carbons (Fsp3) is 0.0385. The van der Waals surface area contributed by atoms with Crippen molar-refractivity contribution in [2.45, 2.75) is 0 Å². The number of hydrogen-bond acceptors (Lipinski definition) is 5. The minimum atomic E-state index is -0.194. The van der Waals surface area contributed by atoms with Gasteiger partial charge >= 0.3 is 0 Å². The second kappa shape index (κ2) is 8.61. The molecule has 0 aliphatic carbocycles. The zero-order chi connectivity index (χ0) is 22.8. The molecular weight excluding hydrogens is 432 g/mol. The first-order valence-electron chi connectivity index (χ1n) is 10.2. The second-order valence-corrected chi connectivity index (χ2v) is 8.29. The number of methoxy groups -OCH3 is 1. The van der Waals surface area contributed by atoms with Gasteiger partial charge in [-0.05, 0) is 48.0 Å². The van der Waals surface area contributed by atoms with Gasteiger partial charge in [0, 0.05) is 0 Å². The van der Waals surface area contributed by atoms with Crippen LogP contribution in [0.15, 0.2) is 83.7 Å². The molecule has 0 aliphatic heterocycles. The van der Waals surface area contributed by atoms with Crippen LogP contribution >= 0.6 is 11.3 Å². The van der Waals surface area contributed by atoms with Crippen molar-refractivity contribution >= 4 is 34.0 Å². The average molecular weight is 451 g/mol. The van der Waals surface area contributed by atoms with Crippen molar-refractivity contribution in [1.82, 2.24) is 14.5 Å². The zero-order valence-electron chi connectivity index (χ0n) is 17.6. The average Bonchev–Trinajstić information content (AvgIpc) is 3.42. The Bertz CT molecular complexity index is 1640. The summed E-state index contributed by atoms with van der Waals surface area (Å²) >= 11 is 1.27. The molecule has 2 aromatic heterocycles. The number of nitriles is 1. The van der Waals surface area contributed by atoms with Gasteiger partial charge in [-0.2, -0.15) is 5.26 Å². The van der Waals surface area contributed by atoms with Gasteiger partial charge in [0.25, 0.3) is 5.56 Å². The van der Waals surface area contributed by atoms with Crippen molar-refractivity contribution in [2.24, 2.45) is 0 Å². The van der Waals surface area contributed by atoms with Crippen LogP contribution in [-0.2, 0) is 0 Å². The normalized spacial score (nSPS) is 12.5. The molecule has 7 heteroatoms. The van der Waals surface area contributed by atoms with E-state index in [0.717, 1.165) is 22.3 Å². The Labute approximate surface area is 193 Å². The van der Waals surface area contributed by atoms with Crippen LogP contribution in [0.25, 0.3) is 28.4 Å². The molecule has 0 saturated carbocycles. The Hall–Kier alpha value is -4.41. The van der Waals surface area contributed by atoms with Crippen LogP contribution in [-0.4, -0.2) is 21.6 Å². The van der Waals surface area contributed by atoms with E-state index in [4.69, 9.17) is 4.74 Å². The smallest absolute Gasteiger partial charge is 0.273 e. The summed E-state index contributed by atoms with van der Waals surface area (Å²) in [5.41, 5.74) is 3.26. The van der Waals surface area contributed by atoms with Gasteiger partial charge in [-0.25, -0.2) is 4.98 Å². The number of aromatic amines is 1. The lowest BCUT2D eigenvalue weighted by atomic mass is 10.2. The molecule has 5 aromatic rings. The first-order chi connectivity index (χ1) is 16.2. The predicted octanol–water partition coefficient (Wildman–Crippen LogP) is 3.34. The van der Waals surface area contributed by atoms with Gasteiger partial charge < -0.3 is 9.72 Å². The molecule has 6 nitrogen and oxygen atoms in total. The van der Waals surface area contributed by atoms with Crippen LogP contribution < -0.4 is 19.5 Å². The number of hydrogen-bond donors (Lipinski definition) is 1. The minimum Gasteiger partial charge on any atom is -0.497 e. The molecule has 0 unspecified atom stereocenters. The first-order valence-corrected chi connectivity index (χ1v) is 11.0. The standard InChI is InChI=1S/C26H18N4O2S/c1-32-19-13-11-17(12-14-19)15-23-25(31)30(18-7-3-2-4-8-18)26(33-23)20(16-27)24-28-21-9-5-6-10-22(21)29-24/h2-15H,1H3,(H,28,29)/b23-15+,26-20+. The number of nitrogens with zero attached hydrogens (tertiary/aromatic N) is 3. The monoisotopic (exact) mass is 450 g/mol. The van der Waals surface area contributed by atoms with E-state index in [9.17, 15) is 10.1 Å². The predicted molar refractivity (Wildman–Crippen MR) is 130 cm³/mol. The highest BCUT2D eigenvalue weighted by atomic mass is 32.1. The molecule has 3 aromatic carbocycles. The van der Waals surface area contributed by atoms with Crippen molar-refractivity contribution in [3.8, 4) is 17.5 Å². The lowest BCUT2D eigenvalue weighted by molar-refractivity contribution is 0.415. The SMILES string of the molecule is COc1ccc(/C=c2/s/c(=C(\C#N)c3nc4ccccc4[nH]3)n(-c3ccccc3)c2=O)cc1. The van der Waals surface area contributed by atoms with Gasteiger partial charge in [0.1, 0.15) is 22.1 Å². The Balaban J connectivity index is 1.82. The highest BCUT2D eigenvalue weighted by Gasteiger charge is 2.15. The molecule has 0 aliphatic rings. The van der Waals surface area contributed by atoms with E-state index in [1.165, 1.54) is 11.3 Å². The van der Waals surface area contributed by atoms with Crippen molar-refractivity contribution in [3.05, 3.63) is 110 Å². The van der Waals surface area contributed by atoms with Gasteiger partial charge in [0.2, 0.25) is 0 Å². The van der Waals surface area contributed by atoms with Gasteiger partial charge in [0.05, 0.1) is 28.4 Å². The molecule has 0 saturated heterocycles. The molecule has 0 bridgehead atoms. The number of aromatic nitrogens is 3. The highest BCUT2D eigenvalue weighted by Crippen LogP contribution is 2.16. The van der Waals surface area contributed by atoms with E-state index in [0.29, 0.717) is 26.3 Å². The van der Waals surface area contributed by atoms with E-state index >= 15 is 0 Å². The van der Waals surface area contributed by atoms with Crippen LogP contribution in [0.2, 0.25) is 0 Å². The van der Waals surface area contributed by atoms with Gasteiger partial charge in [0.15, 0.2) is 5.82 Å². The summed E-state index contributed by atoms with van der Waals surface area (Å²) in [6.07, 6.45) is 1.82. The molecule has 0 amide bonds. The van der Waals surface area contributed by atoms with E-state index in [2.05, 4.69) is 16.0 Å². The molecule has 0 atom stereocenters. The van der Waals surface area contributed by atoms with Crippen LogP contribution in [0.4, 0.5) is 0 Å². The zero-order valence-corrected chi connectivity index (χ0v) is 18.5. The summed E-state index contributed by atoms with van der Waals surface area (Å²) in [6, 6.07) is 26.6. The minimum absolute atomic E-state index is 0.194. The molecule has 160 valence electrons. The largest absolute Gasteiger partial charge is 0.497 e. The molecule has 0 spiro atoms. The summed E-state index contributed by atoms with van der Waals surface area (Å²) in [5, 5.41) is 10.1. The Morgan fingerprint density at radius 2 is 1.79 bits per heavy atom. The van der Waals surface area contributed by atoms with Gasteiger partial charge in [-0.15, -0.1) is 11.3 Å². The van der Waals surface area contributed by atoms with Gasteiger partial charge in [-0.1, -0.05) is 42.5 Å². The maximum absolute atomic E-state index is 13.5. The van der Waals surface area contributed by atoms with Crippen molar-refractivity contribution in [1.29, 1.82) is 5.26 Å². The van der Waals surface area contributed by atoms with Crippen LogP contribution in [0.3, 0.4) is 0 Å². The topological polar surface area (TPSA) is 83.7 Å². The summed E-state index contributed by atoms with van der Waals surface area (Å²) < 4.78 is 7.83. The van der Waals surface area contributed by atoms with Crippen LogP contribution in [0.1, 0.15) is 11.4 Å². The lowest BCUT2D eigenvalue weighted by Gasteiger charge is -2.02. The number of benzene rings is 3. The van der Waals surface area contributed by atoms with E-state index in [1.807, 2.05) is 84.9 Å². The number of rotatable bonds is 4. The van der Waals surface area contributed by atoms with Gasteiger partial charge in [-0.3, -0.25) is 9.36 Å². The maximum Gasteiger partial charge on any atom is 0.273 e. The van der Waals surface area contributed by atoms with Crippen molar-refractivity contribution in [3.63, 3.8) is 0 Å². The summed E-state index contributed by atoms with van der Waals surface area (Å²) in [5.74, 6) is 1.17. The van der Waals surface area contributed by atoms with E-state index in [1.54, 1.807) is 11.7 Å². The number of thiazole rings is 1. The van der Waals surface area contributed by atoms with Crippen LogP contribution in [0.5, 0.6) is 5.75 Å². The third kappa shape index (κ3) is 3.84. The fourth-order valence-corrected chi connectivity index (χ4v) is 4.69. The van der Waals surface area contributed by atoms with Crippen LogP contribution in [0, 0.1) is 11.3 Å². The highest BCUT2D eigenvalue weighted by molar-refractivity contribution is 7.07. The number of ether oxygens (including phenoxy) is 1. The number of para-hydroxylation sites is 3. The quantitative estimate of drug-likeness (QED) is 0.455. The summed E-state index contributed by atoms with van der Waals surface area (Å²) in [6.45, 7) is 0. The molecule has 0 fully saturated rings. The Kier molecular flexibility index (Phi) is 5.35. The Morgan fingerprint density at radius 3 is 2.48 bits per heavy atom. The fourth-order valence-electron chi connectivity index (χ4n) is 3.59. The Morgan fingerprint density at radius 1 is 1.06 bits per heavy atom. The second-order valence-electron chi connectivity index (χ2n) is 7.25. The van der Waals surface area contributed by atoms with E-state index < -0.39 is 0 Å². The molecule has 2 heterocycles. The van der Waals surface area contributed by atoms with Crippen molar-refractivity contribution < 1.29 is 4.74 Å². The molecule has 0 radical (unpaired) electrons. The maximum atomic E-state index is 13.5. The number of H-pyrrole nitrogens is 1. The lowest BCUT2D eigenvalue weighted by Crippen LogP contribution is -2.30. The van der Waals surface area contributed by atoms with E-state index in [-0.39, 0.29) is 5.56 Å². The number of nitrogens with one attached hydrogen (secondary N) is 1. The third-order valence-electron chi connectivity index (χ3n) is 5.20. The summed E-state index contributed by atoms with van der Waals surface area (Å²) in [4.78, 5) is 21.3. The molecule has 1 N–H and O–H groups in total. The molecule has 5 rings (SSSR count). The molecular formula is C26H18N4O2S. The van der Waals surface area contributed by atoms with Crippen molar-refractivity contribution in [2.75, 3.05) is 7.11 Å². The summed E-state index contributed by atoms with van der Waals surface area (Å²) in [7, 11) is 1.61. The number of fused-ring (bicyclic) bond motifs is 1. The number of imidazole rings is 1. The first kappa shape index (κ1) is 20.5. The molecule has 33 heavy (non-hydrogen) atoms.